The molecule has 2 nitrogen and oxygen atoms in total. The summed E-state index contributed by atoms with van der Waals surface area (Å²) >= 11 is 0. The summed E-state index contributed by atoms with van der Waals surface area (Å²) in [6.07, 6.45) is 0.371. The fraction of sp³-hybridized carbons (Fsp3) is 0.278. The average molecular weight is 268 g/mol. The van der Waals surface area contributed by atoms with E-state index in [9.17, 15) is 4.79 Å². The molecule has 104 valence electrons. The first kappa shape index (κ1) is 14.5. The molecule has 20 heavy (non-hydrogen) atoms. The summed E-state index contributed by atoms with van der Waals surface area (Å²) in [6, 6.07) is 17.9. The van der Waals surface area contributed by atoms with E-state index in [-0.39, 0.29) is 11.9 Å². The molecule has 0 aliphatic rings. The van der Waals surface area contributed by atoms with E-state index < -0.39 is 0 Å². The van der Waals surface area contributed by atoms with E-state index in [4.69, 9.17) is 4.74 Å². The van der Waals surface area contributed by atoms with Gasteiger partial charge < -0.3 is 4.74 Å². The molecule has 2 aromatic carbocycles. The first-order valence-electron chi connectivity index (χ1n) is 7.07. The first-order chi connectivity index (χ1) is 9.76. The van der Waals surface area contributed by atoms with Crippen LogP contribution in [0.5, 0.6) is 0 Å². The summed E-state index contributed by atoms with van der Waals surface area (Å²) in [5, 5.41) is 0. The number of Topliss-reactive ketones (excluding diaryl/α,β-unsaturated/α-hetero) is 1. The summed E-state index contributed by atoms with van der Waals surface area (Å²) < 4.78 is 5.47. The summed E-state index contributed by atoms with van der Waals surface area (Å²) in [5.74, 6) is 0.0639. The molecule has 2 rings (SSSR count). The standard InChI is InChI=1S/C18H20O2/c1-3-17(20-4-2)18(19)16-12-10-15(11-13-16)14-8-6-5-7-9-14/h5-13,17H,3-4H2,1-2H3. The van der Waals surface area contributed by atoms with Gasteiger partial charge in [-0.25, -0.2) is 0 Å². The molecule has 0 spiro atoms. The van der Waals surface area contributed by atoms with Crippen LogP contribution >= 0.6 is 0 Å². The zero-order valence-corrected chi connectivity index (χ0v) is 12.0. The van der Waals surface area contributed by atoms with Gasteiger partial charge in [0.2, 0.25) is 0 Å². The Labute approximate surface area is 120 Å². The molecular formula is C18H20O2. The Morgan fingerprint density at radius 1 is 0.950 bits per heavy atom. The lowest BCUT2D eigenvalue weighted by atomic mass is 10.00. The van der Waals surface area contributed by atoms with E-state index in [0.717, 1.165) is 11.1 Å². The van der Waals surface area contributed by atoms with Crippen molar-refractivity contribution in [1.82, 2.24) is 0 Å². The van der Waals surface area contributed by atoms with Gasteiger partial charge in [0.25, 0.3) is 0 Å². The maximum absolute atomic E-state index is 12.3. The number of ketones is 1. The lowest BCUT2D eigenvalue weighted by Gasteiger charge is -2.13. The Hall–Kier alpha value is -1.93. The smallest absolute Gasteiger partial charge is 0.191 e. The lowest BCUT2D eigenvalue weighted by Crippen LogP contribution is -2.23. The fourth-order valence-corrected chi connectivity index (χ4v) is 2.22. The minimum Gasteiger partial charge on any atom is -0.370 e. The first-order valence-corrected chi connectivity index (χ1v) is 7.07. The Kier molecular flexibility index (Phi) is 5.08. The highest BCUT2D eigenvalue weighted by atomic mass is 16.5. The van der Waals surface area contributed by atoms with Gasteiger partial charge in [-0.1, -0.05) is 61.5 Å². The number of carbonyl (C=O) groups excluding carboxylic acids is 1. The van der Waals surface area contributed by atoms with Crippen LogP contribution in [0.15, 0.2) is 54.6 Å². The van der Waals surface area contributed by atoms with E-state index >= 15 is 0 Å². The summed E-state index contributed by atoms with van der Waals surface area (Å²) in [5.41, 5.74) is 2.99. The van der Waals surface area contributed by atoms with Crippen LogP contribution in [0.2, 0.25) is 0 Å². The van der Waals surface area contributed by atoms with Crippen molar-refractivity contribution in [1.29, 1.82) is 0 Å². The van der Waals surface area contributed by atoms with Gasteiger partial charge in [0.05, 0.1) is 0 Å². The molecule has 1 unspecified atom stereocenters. The van der Waals surface area contributed by atoms with Gasteiger partial charge in [0.15, 0.2) is 5.78 Å². The monoisotopic (exact) mass is 268 g/mol. The second-order valence-electron chi connectivity index (χ2n) is 4.66. The van der Waals surface area contributed by atoms with E-state index in [1.807, 2.05) is 56.3 Å². The second kappa shape index (κ2) is 7.01. The molecular weight excluding hydrogens is 248 g/mol. The third-order valence-corrected chi connectivity index (χ3v) is 3.31. The summed E-state index contributed by atoms with van der Waals surface area (Å²) in [4.78, 5) is 12.3. The molecule has 0 saturated heterocycles. The van der Waals surface area contributed by atoms with Crippen LogP contribution in [-0.4, -0.2) is 18.5 Å². The largest absolute Gasteiger partial charge is 0.370 e. The van der Waals surface area contributed by atoms with Gasteiger partial charge in [0.1, 0.15) is 6.10 Å². The van der Waals surface area contributed by atoms with E-state index in [1.165, 1.54) is 0 Å². The van der Waals surface area contributed by atoms with Gasteiger partial charge in [-0.2, -0.15) is 0 Å². The molecule has 0 aliphatic heterocycles. The highest BCUT2D eigenvalue weighted by Crippen LogP contribution is 2.20. The highest BCUT2D eigenvalue weighted by molar-refractivity contribution is 5.99. The van der Waals surface area contributed by atoms with Crippen LogP contribution in [0.25, 0.3) is 11.1 Å². The third-order valence-electron chi connectivity index (χ3n) is 3.31. The number of hydrogen-bond acceptors (Lipinski definition) is 2. The van der Waals surface area contributed by atoms with E-state index in [1.54, 1.807) is 0 Å². The summed E-state index contributed by atoms with van der Waals surface area (Å²) in [7, 11) is 0. The fourth-order valence-electron chi connectivity index (χ4n) is 2.22. The number of rotatable bonds is 6. The van der Waals surface area contributed by atoms with Crippen LogP contribution in [0.3, 0.4) is 0 Å². The Morgan fingerprint density at radius 2 is 1.55 bits per heavy atom. The van der Waals surface area contributed by atoms with Crippen molar-refractivity contribution in [2.75, 3.05) is 6.61 Å². The third kappa shape index (κ3) is 3.34. The molecule has 0 fully saturated rings. The van der Waals surface area contributed by atoms with Crippen molar-refractivity contribution < 1.29 is 9.53 Å². The van der Waals surface area contributed by atoms with Crippen LogP contribution in [0.4, 0.5) is 0 Å². The zero-order chi connectivity index (χ0) is 14.4. The molecule has 0 N–H and O–H groups in total. The van der Waals surface area contributed by atoms with Gasteiger partial charge in [-0.05, 0) is 24.5 Å². The highest BCUT2D eigenvalue weighted by Gasteiger charge is 2.18. The van der Waals surface area contributed by atoms with Gasteiger partial charge >= 0.3 is 0 Å². The molecule has 0 heterocycles. The van der Waals surface area contributed by atoms with Crippen LogP contribution < -0.4 is 0 Å². The second-order valence-corrected chi connectivity index (χ2v) is 4.66. The molecule has 0 aromatic heterocycles. The minimum absolute atomic E-state index is 0.0639. The molecule has 2 aromatic rings. The molecule has 0 bridgehead atoms. The molecule has 0 aliphatic carbocycles. The van der Waals surface area contributed by atoms with Crippen molar-refractivity contribution >= 4 is 5.78 Å². The van der Waals surface area contributed by atoms with Crippen LogP contribution in [0, 0.1) is 0 Å². The summed E-state index contributed by atoms with van der Waals surface area (Å²) in [6.45, 7) is 4.44. The molecule has 0 saturated carbocycles. The van der Waals surface area contributed by atoms with Gasteiger partial charge in [-0.3, -0.25) is 4.79 Å². The predicted molar refractivity (Wildman–Crippen MR) is 81.9 cm³/mol. The molecule has 2 heteroatoms. The zero-order valence-electron chi connectivity index (χ0n) is 12.0. The maximum Gasteiger partial charge on any atom is 0.191 e. The van der Waals surface area contributed by atoms with Crippen molar-refractivity contribution in [2.24, 2.45) is 0 Å². The molecule has 1 atom stereocenters. The van der Waals surface area contributed by atoms with Crippen molar-refractivity contribution in [3.63, 3.8) is 0 Å². The van der Waals surface area contributed by atoms with E-state index in [0.29, 0.717) is 18.6 Å². The maximum atomic E-state index is 12.3. The average Bonchev–Trinajstić information content (AvgIpc) is 2.53. The number of carbonyl (C=O) groups is 1. The topological polar surface area (TPSA) is 26.3 Å². The van der Waals surface area contributed by atoms with Crippen molar-refractivity contribution in [2.45, 2.75) is 26.4 Å². The number of benzene rings is 2. The Bertz CT molecular complexity index is 543. The van der Waals surface area contributed by atoms with Crippen LogP contribution in [-0.2, 0) is 4.74 Å². The Morgan fingerprint density at radius 3 is 2.10 bits per heavy atom. The van der Waals surface area contributed by atoms with Crippen LogP contribution in [0.1, 0.15) is 30.6 Å². The van der Waals surface area contributed by atoms with Gasteiger partial charge in [-0.15, -0.1) is 0 Å². The van der Waals surface area contributed by atoms with Crippen molar-refractivity contribution in [3.8, 4) is 11.1 Å². The van der Waals surface area contributed by atoms with Gasteiger partial charge in [0, 0.05) is 12.2 Å². The number of ether oxygens (including phenoxy) is 1. The molecule has 0 amide bonds. The number of hydrogen-bond donors (Lipinski definition) is 0. The van der Waals surface area contributed by atoms with E-state index in [2.05, 4.69) is 12.1 Å². The molecule has 0 radical (unpaired) electrons. The normalized spacial score (nSPS) is 12.1. The Balaban J connectivity index is 2.18. The quantitative estimate of drug-likeness (QED) is 0.728. The predicted octanol–water partition coefficient (Wildman–Crippen LogP) is 4.35. The lowest BCUT2D eigenvalue weighted by molar-refractivity contribution is 0.0444. The van der Waals surface area contributed by atoms with Crippen molar-refractivity contribution in [3.05, 3.63) is 60.2 Å². The minimum atomic E-state index is -0.331. The SMILES string of the molecule is CCOC(CC)C(=O)c1ccc(-c2ccccc2)cc1.